The summed E-state index contributed by atoms with van der Waals surface area (Å²) in [5, 5.41) is 11.7. The first-order chi connectivity index (χ1) is 5.83. The van der Waals surface area contributed by atoms with Crippen molar-refractivity contribution in [2.75, 3.05) is 13.2 Å². The highest BCUT2D eigenvalue weighted by Gasteiger charge is 1.91. The van der Waals surface area contributed by atoms with Gasteiger partial charge >= 0.3 is 0 Å². The minimum Gasteiger partial charge on any atom is -0.395 e. The Morgan fingerprint density at radius 3 is 2.92 bits per heavy atom. The van der Waals surface area contributed by atoms with E-state index in [0.717, 1.165) is 6.54 Å². The summed E-state index contributed by atoms with van der Waals surface area (Å²) in [5.41, 5.74) is 2.54. The zero-order chi connectivity index (χ0) is 8.81. The van der Waals surface area contributed by atoms with Gasteiger partial charge in [0.25, 0.3) is 0 Å². The van der Waals surface area contributed by atoms with Crippen LogP contribution < -0.4 is 5.32 Å². The van der Waals surface area contributed by atoms with E-state index in [4.69, 9.17) is 5.11 Å². The van der Waals surface area contributed by atoms with Gasteiger partial charge in [-0.2, -0.15) is 0 Å². The molecule has 0 spiro atoms. The second-order valence-corrected chi connectivity index (χ2v) is 2.89. The molecule has 0 saturated heterocycles. The molecule has 0 aliphatic rings. The Labute approximate surface area is 73.2 Å². The SMILES string of the molecule is Cc1cccc(CNCCO)c1. The van der Waals surface area contributed by atoms with Gasteiger partial charge in [-0.15, -0.1) is 0 Å². The molecule has 0 saturated carbocycles. The third kappa shape index (κ3) is 3.03. The van der Waals surface area contributed by atoms with Crippen molar-refractivity contribution in [2.45, 2.75) is 13.5 Å². The molecule has 0 bridgehead atoms. The highest BCUT2D eigenvalue weighted by atomic mass is 16.3. The maximum Gasteiger partial charge on any atom is 0.0556 e. The molecular weight excluding hydrogens is 150 g/mol. The first-order valence-electron chi connectivity index (χ1n) is 4.20. The van der Waals surface area contributed by atoms with Gasteiger partial charge in [-0.25, -0.2) is 0 Å². The fraction of sp³-hybridized carbons (Fsp3) is 0.400. The summed E-state index contributed by atoms with van der Waals surface area (Å²) in [4.78, 5) is 0. The molecule has 2 N–H and O–H groups in total. The van der Waals surface area contributed by atoms with E-state index < -0.39 is 0 Å². The smallest absolute Gasteiger partial charge is 0.0556 e. The van der Waals surface area contributed by atoms with Crippen molar-refractivity contribution in [3.63, 3.8) is 0 Å². The molecule has 0 aliphatic heterocycles. The summed E-state index contributed by atoms with van der Waals surface area (Å²) in [6.07, 6.45) is 0. The van der Waals surface area contributed by atoms with E-state index in [1.165, 1.54) is 11.1 Å². The van der Waals surface area contributed by atoms with Crippen LogP contribution >= 0.6 is 0 Å². The lowest BCUT2D eigenvalue weighted by atomic mass is 10.1. The summed E-state index contributed by atoms with van der Waals surface area (Å²) in [5.74, 6) is 0. The number of hydrogen-bond donors (Lipinski definition) is 2. The van der Waals surface area contributed by atoms with Gasteiger partial charge in [0.2, 0.25) is 0 Å². The maximum atomic E-state index is 8.54. The van der Waals surface area contributed by atoms with E-state index in [2.05, 4.69) is 30.4 Å². The topological polar surface area (TPSA) is 32.3 Å². The number of rotatable bonds is 4. The van der Waals surface area contributed by atoms with Gasteiger partial charge < -0.3 is 10.4 Å². The average Bonchev–Trinajstić information content (AvgIpc) is 2.05. The van der Waals surface area contributed by atoms with Crippen LogP contribution in [0.2, 0.25) is 0 Å². The monoisotopic (exact) mass is 165 g/mol. The summed E-state index contributed by atoms with van der Waals surface area (Å²) < 4.78 is 0. The molecular formula is C10H15NO. The molecule has 0 aliphatic carbocycles. The Morgan fingerprint density at radius 1 is 1.42 bits per heavy atom. The zero-order valence-electron chi connectivity index (χ0n) is 7.38. The molecule has 0 aromatic heterocycles. The van der Waals surface area contributed by atoms with Gasteiger partial charge in [0.15, 0.2) is 0 Å². The molecule has 0 atom stereocenters. The molecule has 2 nitrogen and oxygen atoms in total. The first kappa shape index (κ1) is 9.23. The van der Waals surface area contributed by atoms with Gasteiger partial charge in [0.05, 0.1) is 6.61 Å². The average molecular weight is 165 g/mol. The van der Waals surface area contributed by atoms with Crippen LogP contribution in [0.25, 0.3) is 0 Å². The van der Waals surface area contributed by atoms with E-state index in [-0.39, 0.29) is 6.61 Å². The summed E-state index contributed by atoms with van der Waals surface area (Å²) >= 11 is 0. The van der Waals surface area contributed by atoms with Crippen LogP contribution in [0.15, 0.2) is 24.3 Å². The van der Waals surface area contributed by atoms with Gasteiger partial charge in [-0.1, -0.05) is 29.8 Å². The second kappa shape index (κ2) is 4.91. The van der Waals surface area contributed by atoms with Crippen molar-refractivity contribution in [3.05, 3.63) is 35.4 Å². The summed E-state index contributed by atoms with van der Waals surface area (Å²) in [6, 6.07) is 8.35. The van der Waals surface area contributed by atoms with Crippen LogP contribution in [0.3, 0.4) is 0 Å². The van der Waals surface area contributed by atoms with Crippen LogP contribution in [-0.2, 0) is 6.54 Å². The largest absolute Gasteiger partial charge is 0.395 e. The van der Waals surface area contributed by atoms with Crippen LogP contribution in [0.4, 0.5) is 0 Å². The third-order valence-electron chi connectivity index (χ3n) is 1.70. The lowest BCUT2D eigenvalue weighted by molar-refractivity contribution is 0.292. The van der Waals surface area contributed by atoms with Crippen LogP contribution in [0.1, 0.15) is 11.1 Å². The number of aliphatic hydroxyl groups is 1. The van der Waals surface area contributed by atoms with E-state index in [0.29, 0.717) is 6.54 Å². The fourth-order valence-electron chi connectivity index (χ4n) is 1.13. The molecule has 1 rings (SSSR count). The van der Waals surface area contributed by atoms with Gasteiger partial charge in [-0.05, 0) is 12.5 Å². The standard InChI is InChI=1S/C10H15NO/c1-9-3-2-4-10(7-9)8-11-5-6-12/h2-4,7,11-12H,5-6,8H2,1H3. The highest BCUT2D eigenvalue weighted by molar-refractivity contribution is 5.21. The van der Waals surface area contributed by atoms with Gasteiger partial charge in [-0.3, -0.25) is 0 Å². The predicted molar refractivity (Wildman–Crippen MR) is 50.0 cm³/mol. The second-order valence-electron chi connectivity index (χ2n) is 2.89. The van der Waals surface area contributed by atoms with Crippen molar-refractivity contribution in [3.8, 4) is 0 Å². The Balaban J connectivity index is 2.41. The van der Waals surface area contributed by atoms with Crippen molar-refractivity contribution < 1.29 is 5.11 Å². The third-order valence-corrected chi connectivity index (χ3v) is 1.70. The van der Waals surface area contributed by atoms with Crippen molar-refractivity contribution in [2.24, 2.45) is 0 Å². The van der Waals surface area contributed by atoms with Crippen LogP contribution in [0, 0.1) is 6.92 Å². The fourth-order valence-corrected chi connectivity index (χ4v) is 1.13. The minimum atomic E-state index is 0.200. The minimum absolute atomic E-state index is 0.200. The number of aryl methyl sites for hydroxylation is 1. The molecule has 2 heteroatoms. The molecule has 12 heavy (non-hydrogen) atoms. The predicted octanol–water partition coefficient (Wildman–Crippen LogP) is 1.08. The quantitative estimate of drug-likeness (QED) is 0.654. The molecule has 1 aromatic rings. The molecule has 0 amide bonds. The molecule has 0 heterocycles. The summed E-state index contributed by atoms with van der Waals surface area (Å²) in [6.45, 7) is 3.78. The Morgan fingerprint density at radius 2 is 2.25 bits per heavy atom. The highest BCUT2D eigenvalue weighted by Crippen LogP contribution is 2.02. The Hall–Kier alpha value is -0.860. The van der Waals surface area contributed by atoms with E-state index in [1.54, 1.807) is 0 Å². The van der Waals surface area contributed by atoms with E-state index >= 15 is 0 Å². The van der Waals surface area contributed by atoms with E-state index in [9.17, 15) is 0 Å². The molecule has 0 radical (unpaired) electrons. The van der Waals surface area contributed by atoms with Crippen molar-refractivity contribution >= 4 is 0 Å². The van der Waals surface area contributed by atoms with Gasteiger partial charge in [0.1, 0.15) is 0 Å². The first-order valence-corrected chi connectivity index (χ1v) is 4.20. The van der Waals surface area contributed by atoms with Crippen LogP contribution in [-0.4, -0.2) is 18.3 Å². The van der Waals surface area contributed by atoms with Crippen molar-refractivity contribution in [1.82, 2.24) is 5.32 Å². The molecule has 1 aromatic carbocycles. The Kier molecular flexibility index (Phi) is 3.77. The molecule has 66 valence electrons. The van der Waals surface area contributed by atoms with Crippen molar-refractivity contribution in [1.29, 1.82) is 0 Å². The van der Waals surface area contributed by atoms with Gasteiger partial charge in [0, 0.05) is 13.1 Å². The number of hydrogen-bond acceptors (Lipinski definition) is 2. The lowest BCUT2D eigenvalue weighted by Crippen LogP contribution is -2.17. The number of aliphatic hydroxyl groups excluding tert-OH is 1. The molecule has 0 unspecified atom stereocenters. The Bertz CT molecular complexity index is 235. The van der Waals surface area contributed by atoms with Crippen LogP contribution in [0.5, 0.6) is 0 Å². The maximum absolute atomic E-state index is 8.54. The lowest BCUT2D eigenvalue weighted by Gasteiger charge is -2.03. The number of benzene rings is 1. The summed E-state index contributed by atoms with van der Waals surface area (Å²) in [7, 11) is 0. The van der Waals surface area contributed by atoms with E-state index in [1.807, 2.05) is 6.07 Å². The normalized spacial score (nSPS) is 10.2. The molecule has 0 fully saturated rings. The number of nitrogens with one attached hydrogen (secondary N) is 1. The zero-order valence-corrected chi connectivity index (χ0v) is 7.38.